The molecule has 106 valence electrons. The Morgan fingerprint density at radius 3 is 2.45 bits per heavy atom. The number of nitrogens with two attached hydrogens (primary N) is 1. The van der Waals surface area contributed by atoms with E-state index in [-0.39, 0.29) is 0 Å². The molecule has 1 aromatic carbocycles. The standard InChI is InChI=1S/C16H20N2O2/c1-3-20-15-5-4-14(10-16(15)19-2)12-18-11-13-6-8-17-9-7-13/h4-10,18H,3,11-12H2,1-2H3/p+1. The van der Waals surface area contributed by atoms with E-state index in [1.54, 1.807) is 7.11 Å². The molecule has 0 aliphatic carbocycles. The van der Waals surface area contributed by atoms with Crippen LogP contribution < -0.4 is 14.8 Å². The van der Waals surface area contributed by atoms with Crippen molar-refractivity contribution in [3.8, 4) is 11.5 Å². The highest BCUT2D eigenvalue weighted by Gasteiger charge is 2.06. The summed E-state index contributed by atoms with van der Waals surface area (Å²) in [6, 6.07) is 10.2. The Balaban J connectivity index is 1.93. The van der Waals surface area contributed by atoms with E-state index in [0.29, 0.717) is 6.61 Å². The minimum atomic E-state index is 0.643. The summed E-state index contributed by atoms with van der Waals surface area (Å²) >= 11 is 0. The summed E-state index contributed by atoms with van der Waals surface area (Å²) in [5.41, 5.74) is 2.50. The third-order valence-electron chi connectivity index (χ3n) is 3.04. The van der Waals surface area contributed by atoms with Crippen molar-refractivity contribution in [2.45, 2.75) is 20.0 Å². The molecule has 0 atom stereocenters. The summed E-state index contributed by atoms with van der Waals surface area (Å²) in [6.45, 7) is 4.46. The van der Waals surface area contributed by atoms with Crippen LogP contribution in [0.15, 0.2) is 42.7 Å². The molecule has 0 amide bonds. The highest BCUT2D eigenvalue weighted by Crippen LogP contribution is 2.27. The van der Waals surface area contributed by atoms with Crippen LogP contribution in [0, 0.1) is 0 Å². The second-order valence-electron chi connectivity index (χ2n) is 4.47. The third-order valence-corrected chi connectivity index (χ3v) is 3.04. The Morgan fingerprint density at radius 1 is 1.00 bits per heavy atom. The van der Waals surface area contributed by atoms with Crippen molar-refractivity contribution in [2.24, 2.45) is 0 Å². The van der Waals surface area contributed by atoms with Gasteiger partial charge in [0.1, 0.15) is 13.1 Å². The molecule has 2 N–H and O–H groups in total. The monoisotopic (exact) mass is 273 g/mol. The Hall–Kier alpha value is -2.07. The quantitative estimate of drug-likeness (QED) is 0.836. The third kappa shape index (κ3) is 3.96. The summed E-state index contributed by atoms with van der Waals surface area (Å²) in [5.74, 6) is 1.59. The number of hydrogen-bond donors (Lipinski definition) is 1. The maximum Gasteiger partial charge on any atom is 0.161 e. The average molecular weight is 273 g/mol. The first kappa shape index (κ1) is 14.3. The first-order chi connectivity index (χ1) is 9.83. The van der Waals surface area contributed by atoms with Crippen molar-refractivity contribution < 1.29 is 14.8 Å². The molecule has 0 unspecified atom stereocenters. The molecule has 20 heavy (non-hydrogen) atoms. The van der Waals surface area contributed by atoms with Gasteiger partial charge >= 0.3 is 0 Å². The predicted molar refractivity (Wildman–Crippen MR) is 77.7 cm³/mol. The number of pyridine rings is 1. The topological polar surface area (TPSA) is 48.0 Å². The molecule has 0 bridgehead atoms. The molecule has 1 heterocycles. The minimum Gasteiger partial charge on any atom is -0.493 e. The number of benzene rings is 1. The zero-order chi connectivity index (χ0) is 14.2. The van der Waals surface area contributed by atoms with Gasteiger partial charge in [-0.05, 0) is 37.3 Å². The van der Waals surface area contributed by atoms with Gasteiger partial charge in [0.25, 0.3) is 0 Å². The predicted octanol–water partition coefficient (Wildman–Crippen LogP) is 1.75. The number of quaternary nitrogens is 1. The lowest BCUT2D eigenvalue weighted by Gasteiger charge is -2.10. The fraction of sp³-hybridized carbons (Fsp3) is 0.312. The lowest BCUT2D eigenvalue weighted by atomic mass is 10.2. The molecule has 0 spiro atoms. The van der Waals surface area contributed by atoms with Gasteiger partial charge in [-0.15, -0.1) is 0 Å². The Kier molecular flexibility index (Phi) is 5.38. The second kappa shape index (κ2) is 7.50. The fourth-order valence-electron chi connectivity index (χ4n) is 2.04. The van der Waals surface area contributed by atoms with Crippen molar-refractivity contribution in [3.05, 3.63) is 53.9 Å². The number of hydrogen-bond acceptors (Lipinski definition) is 3. The zero-order valence-electron chi connectivity index (χ0n) is 12.0. The molecular formula is C16H21N2O2+. The van der Waals surface area contributed by atoms with Gasteiger partial charge in [0.15, 0.2) is 11.5 Å². The van der Waals surface area contributed by atoms with Crippen molar-refractivity contribution >= 4 is 0 Å². The molecule has 0 saturated carbocycles. The lowest BCUT2D eigenvalue weighted by molar-refractivity contribution is -0.686. The molecule has 2 rings (SSSR count). The largest absolute Gasteiger partial charge is 0.493 e. The van der Waals surface area contributed by atoms with E-state index in [9.17, 15) is 0 Å². The molecule has 4 heteroatoms. The first-order valence-corrected chi connectivity index (χ1v) is 6.83. The van der Waals surface area contributed by atoms with E-state index >= 15 is 0 Å². The van der Waals surface area contributed by atoms with Gasteiger partial charge in [-0.1, -0.05) is 0 Å². The number of nitrogens with zero attached hydrogens (tertiary/aromatic N) is 1. The molecular weight excluding hydrogens is 252 g/mol. The Bertz CT molecular complexity index is 529. The molecule has 2 aromatic rings. The summed E-state index contributed by atoms with van der Waals surface area (Å²) in [4.78, 5) is 4.02. The average Bonchev–Trinajstić information content (AvgIpc) is 2.50. The van der Waals surface area contributed by atoms with Gasteiger partial charge in [-0.25, -0.2) is 0 Å². The van der Waals surface area contributed by atoms with Crippen LogP contribution in [0.25, 0.3) is 0 Å². The van der Waals surface area contributed by atoms with Crippen molar-refractivity contribution in [1.29, 1.82) is 0 Å². The van der Waals surface area contributed by atoms with Crippen LogP contribution in [0.2, 0.25) is 0 Å². The first-order valence-electron chi connectivity index (χ1n) is 6.83. The van der Waals surface area contributed by atoms with Crippen LogP contribution in [0.4, 0.5) is 0 Å². The van der Waals surface area contributed by atoms with Crippen LogP contribution in [0.3, 0.4) is 0 Å². The molecule has 0 radical (unpaired) electrons. The zero-order valence-corrected chi connectivity index (χ0v) is 12.0. The van der Waals surface area contributed by atoms with Crippen LogP contribution in [0.1, 0.15) is 18.1 Å². The lowest BCUT2D eigenvalue weighted by Crippen LogP contribution is -2.80. The summed E-state index contributed by atoms with van der Waals surface area (Å²) in [5, 5.41) is 2.25. The Morgan fingerprint density at radius 2 is 1.75 bits per heavy atom. The van der Waals surface area contributed by atoms with Crippen molar-refractivity contribution in [1.82, 2.24) is 4.98 Å². The highest BCUT2D eigenvalue weighted by molar-refractivity contribution is 5.42. The van der Waals surface area contributed by atoms with Crippen LogP contribution in [-0.2, 0) is 13.1 Å². The van der Waals surface area contributed by atoms with E-state index in [2.05, 4.69) is 16.4 Å². The van der Waals surface area contributed by atoms with Crippen molar-refractivity contribution in [3.63, 3.8) is 0 Å². The van der Waals surface area contributed by atoms with Crippen LogP contribution in [0.5, 0.6) is 11.5 Å². The number of aromatic nitrogens is 1. The van der Waals surface area contributed by atoms with Gasteiger partial charge in [-0.2, -0.15) is 0 Å². The highest BCUT2D eigenvalue weighted by atomic mass is 16.5. The molecule has 0 saturated heterocycles. The maximum absolute atomic E-state index is 5.51. The summed E-state index contributed by atoms with van der Waals surface area (Å²) < 4.78 is 10.9. The smallest absolute Gasteiger partial charge is 0.161 e. The normalized spacial score (nSPS) is 10.3. The molecule has 0 aliphatic rings. The minimum absolute atomic E-state index is 0.643. The second-order valence-corrected chi connectivity index (χ2v) is 4.47. The Labute approximate surface area is 119 Å². The van der Waals surface area contributed by atoms with Crippen molar-refractivity contribution in [2.75, 3.05) is 13.7 Å². The SMILES string of the molecule is CCOc1ccc(C[NH2+]Cc2ccncc2)cc1OC. The fourth-order valence-corrected chi connectivity index (χ4v) is 2.04. The molecule has 0 aliphatic heterocycles. The molecule has 4 nitrogen and oxygen atoms in total. The van der Waals surface area contributed by atoms with E-state index in [0.717, 1.165) is 24.6 Å². The van der Waals surface area contributed by atoms with Gasteiger partial charge in [-0.3, -0.25) is 4.98 Å². The van der Waals surface area contributed by atoms with Crippen LogP contribution in [-0.4, -0.2) is 18.7 Å². The molecule has 1 aromatic heterocycles. The molecule has 0 fully saturated rings. The summed E-state index contributed by atoms with van der Waals surface area (Å²) in [7, 11) is 1.67. The maximum atomic E-state index is 5.51. The van der Waals surface area contributed by atoms with E-state index < -0.39 is 0 Å². The van der Waals surface area contributed by atoms with E-state index in [4.69, 9.17) is 9.47 Å². The number of rotatable bonds is 7. The van der Waals surface area contributed by atoms with Crippen LogP contribution >= 0.6 is 0 Å². The summed E-state index contributed by atoms with van der Waals surface area (Å²) in [6.07, 6.45) is 3.65. The van der Waals surface area contributed by atoms with E-state index in [1.807, 2.05) is 43.6 Å². The van der Waals surface area contributed by atoms with Gasteiger partial charge in [0, 0.05) is 23.5 Å². The van der Waals surface area contributed by atoms with Gasteiger partial charge in [0.05, 0.1) is 13.7 Å². The van der Waals surface area contributed by atoms with E-state index in [1.165, 1.54) is 11.1 Å². The number of ether oxygens (including phenoxy) is 2. The van der Waals surface area contributed by atoms with Gasteiger partial charge in [0.2, 0.25) is 0 Å². The van der Waals surface area contributed by atoms with Gasteiger partial charge < -0.3 is 14.8 Å². The number of methoxy groups -OCH3 is 1.